The molecule has 0 spiro atoms. The van der Waals surface area contributed by atoms with Gasteiger partial charge in [-0.05, 0) is 19.8 Å². The molecule has 1 atom stereocenters. The van der Waals surface area contributed by atoms with Crippen LogP contribution < -0.4 is 10.6 Å². The smallest absolute Gasteiger partial charge is 0.234 e. The molecule has 5 heteroatoms. The number of carbonyl (C=O) groups is 1. The predicted octanol–water partition coefficient (Wildman–Crippen LogP) is 1.54. The Bertz CT molecular complexity index is 267. The normalized spacial score (nSPS) is 26.3. The first-order valence-corrected chi connectivity index (χ1v) is 7.50. The summed E-state index contributed by atoms with van der Waals surface area (Å²) in [6.07, 6.45) is 7.55. The first-order chi connectivity index (χ1) is 8.75. The van der Waals surface area contributed by atoms with Crippen LogP contribution >= 0.6 is 12.4 Å². The van der Waals surface area contributed by atoms with Gasteiger partial charge in [-0.1, -0.05) is 25.7 Å². The number of nitrogens with one attached hydrogen (secondary N) is 2. The topological polar surface area (TPSA) is 44.4 Å². The fraction of sp³-hybridized carbons (Fsp3) is 0.929. The minimum atomic E-state index is 0. The Hall–Kier alpha value is -0.320. The predicted molar refractivity (Wildman–Crippen MR) is 80.8 cm³/mol. The molecule has 0 bridgehead atoms. The van der Waals surface area contributed by atoms with Gasteiger partial charge in [-0.3, -0.25) is 9.69 Å². The molecule has 0 aromatic rings. The molecule has 1 amide bonds. The van der Waals surface area contributed by atoms with E-state index in [9.17, 15) is 4.79 Å². The van der Waals surface area contributed by atoms with Crippen molar-refractivity contribution >= 4 is 18.3 Å². The first-order valence-electron chi connectivity index (χ1n) is 7.50. The maximum Gasteiger partial charge on any atom is 0.234 e. The Labute approximate surface area is 123 Å². The van der Waals surface area contributed by atoms with Crippen molar-refractivity contribution < 1.29 is 4.79 Å². The van der Waals surface area contributed by atoms with Gasteiger partial charge in [-0.2, -0.15) is 0 Å². The molecule has 112 valence electrons. The van der Waals surface area contributed by atoms with Gasteiger partial charge in [-0.25, -0.2) is 0 Å². The molecule has 1 heterocycles. The van der Waals surface area contributed by atoms with Crippen LogP contribution in [0.5, 0.6) is 0 Å². The number of hydrogen-bond acceptors (Lipinski definition) is 3. The summed E-state index contributed by atoms with van der Waals surface area (Å²) in [6.45, 7) is 5.74. The maximum atomic E-state index is 12.1. The SMILES string of the molecule is CC1CNCCN1CC(=O)NC1CCCCCC1.Cl. The number of nitrogens with zero attached hydrogens (tertiary/aromatic N) is 1. The largest absolute Gasteiger partial charge is 0.352 e. The quantitative estimate of drug-likeness (QED) is 0.775. The molecular weight excluding hydrogens is 262 g/mol. The Kier molecular flexibility index (Phi) is 7.73. The summed E-state index contributed by atoms with van der Waals surface area (Å²) in [5.74, 6) is 0.218. The number of amides is 1. The third kappa shape index (κ3) is 5.67. The zero-order valence-electron chi connectivity index (χ0n) is 12.0. The van der Waals surface area contributed by atoms with Crippen molar-refractivity contribution in [2.45, 2.75) is 57.5 Å². The minimum Gasteiger partial charge on any atom is -0.352 e. The van der Waals surface area contributed by atoms with E-state index in [0.717, 1.165) is 19.6 Å². The van der Waals surface area contributed by atoms with E-state index in [2.05, 4.69) is 22.5 Å². The van der Waals surface area contributed by atoms with Gasteiger partial charge in [0.05, 0.1) is 6.54 Å². The van der Waals surface area contributed by atoms with Crippen LogP contribution in [0.2, 0.25) is 0 Å². The summed E-state index contributed by atoms with van der Waals surface area (Å²) < 4.78 is 0. The van der Waals surface area contributed by atoms with Crippen LogP contribution in [0.25, 0.3) is 0 Å². The van der Waals surface area contributed by atoms with Crippen LogP contribution in [-0.4, -0.2) is 49.1 Å². The Morgan fingerprint density at radius 1 is 1.26 bits per heavy atom. The van der Waals surface area contributed by atoms with E-state index in [0.29, 0.717) is 18.6 Å². The molecule has 0 aromatic heterocycles. The third-order valence-electron chi connectivity index (χ3n) is 4.21. The van der Waals surface area contributed by atoms with Crippen molar-refractivity contribution in [1.29, 1.82) is 0 Å². The second kappa shape index (κ2) is 8.77. The fourth-order valence-corrected chi connectivity index (χ4v) is 3.00. The number of halogens is 1. The lowest BCUT2D eigenvalue weighted by molar-refractivity contribution is -0.123. The van der Waals surface area contributed by atoms with E-state index in [1.165, 1.54) is 38.5 Å². The van der Waals surface area contributed by atoms with Crippen LogP contribution in [0.1, 0.15) is 45.4 Å². The monoisotopic (exact) mass is 289 g/mol. The van der Waals surface area contributed by atoms with E-state index in [4.69, 9.17) is 0 Å². The van der Waals surface area contributed by atoms with Crippen molar-refractivity contribution in [3.05, 3.63) is 0 Å². The highest BCUT2D eigenvalue weighted by Gasteiger charge is 2.21. The van der Waals surface area contributed by atoms with Gasteiger partial charge in [-0.15, -0.1) is 12.4 Å². The van der Waals surface area contributed by atoms with E-state index in [1.807, 2.05) is 0 Å². The number of hydrogen-bond donors (Lipinski definition) is 2. The van der Waals surface area contributed by atoms with Gasteiger partial charge < -0.3 is 10.6 Å². The summed E-state index contributed by atoms with van der Waals surface area (Å²) >= 11 is 0. The molecule has 4 nitrogen and oxygen atoms in total. The van der Waals surface area contributed by atoms with Crippen LogP contribution in [0.15, 0.2) is 0 Å². The van der Waals surface area contributed by atoms with E-state index in [-0.39, 0.29) is 18.3 Å². The van der Waals surface area contributed by atoms with Gasteiger partial charge >= 0.3 is 0 Å². The molecule has 1 unspecified atom stereocenters. The van der Waals surface area contributed by atoms with Crippen molar-refractivity contribution in [3.8, 4) is 0 Å². The van der Waals surface area contributed by atoms with Crippen LogP contribution in [0.3, 0.4) is 0 Å². The maximum absolute atomic E-state index is 12.1. The highest BCUT2D eigenvalue weighted by atomic mass is 35.5. The second-order valence-corrected chi connectivity index (χ2v) is 5.78. The lowest BCUT2D eigenvalue weighted by atomic mass is 10.1. The highest BCUT2D eigenvalue weighted by Crippen LogP contribution is 2.17. The fourth-order valence-electron chi connectivity index (χ4n) is 3.00. The summed E-state index contributed by atoms with van der Waals surface area (Å²) in [5.41, 5.74) is 0. The molecule has 19 heavy (non-hydrogen) atoms. The van der Waals surface area contributed by atoms with Crippen molar-refractivity contribution in [2.75, 3.05) is 26.2 Å². The summed E-state index contributed by atoms with van der Waals surface area (Å²) in [6, 6.07) is 0.900. The molecule has 0 radical (unpaired) electrons. The van der Waals surface area contributed by atoms with E-state index >= 15 is 0 Å². The standard InChI is InChI=1S/C14H27N3O.ClH/c1-12-10-15-8-9-17(12)11-14(18)16-13-6-4-2-3-5-7-13;/h12-13,15H,2-11H2,1H3,(H,16,18);1H. The number of piperazine rings is 1. The van der Waals surface area contributed by atoms with Gasteiger partial charge in [0.25, 0.3) is 0 Å². The number of rotatable bonds is 3. The molecule has 2 rings (SSSR count). The Balaban J connectivity index is 0.00000180. The Morgan fingerprint density at radius 3 is 2.58 bits per heavy atom. The van der Waals surface area contributed by atoms with Crippen LogP contribution in [-0.2, 0) is 4.79 Å². The zero-order valence-corrected chi connectivity index (χ0v) is 12.8. The third-order valence-corrected chi connectivity index (χ3v) is 4.21. The van der Waals surface area contributed by atoms with Gasteiger partial charge in [0.1, 0.15) is 0 Å². The first kappa shape index (κ1) is 16.7. The van der Waals surface area contributed by atoms with Crippen LogP contribution in [0.4, 0.5) is 0 Å². The average molecular weight is 290 g/mol. The molecule has 2 fully saturated rings. The minimum absolute atomic E-state index is 0. The highest BCUT2D eigenvalue weighted by molar-refractivity contribution is 5.85. The molecular formula is C14H28ClN3O. The summed E-state index contributed by atoms with van der Waals surface area (Å²) in [4.78, 5) is 14.3. The summed E-state index contributed by atoms with van der Waals surface area (Å²) in [7, 11) is 0. The zero-order chi connectivity index (χ0) is 12.8. The van der Waals surface area contributed by atoms with Crippen LogP contribution in [0, 0.1) is 0 Å². The van der Waals surface area contributed by atoms with Gasteiger partial charge in [0.2, 0.25) is 5.91 Å². The van der Waals surface area contributed by atoms with Crippen molar-refractivity contribution in [3.63, 3.8) is 0 Å². The lowest BCUT2D eigenvalue weighted by Gasteiger charge is -2.33. The number of carbonyl (C=O) groups excluding carboxylic acids is 1. The second-order valence-electron chi connectivity index (χ2n) is 5.78. The van der Waals surface area contributed by atoms with Crippen molar-refractivity contribution in [1.82, 2.24) is 15.5 Å². The van der Waals surface area contributed by atoms with E-state index < -0.39 is 0 Å². The Morgan fingerprint density at radius 2 is 1.95 bits per heavy atom. The molecule has 1 saturated carbocycles. The molecule has 1 saturated heterocycles. The van der Waals surface area contributed by atoms with Gasteiger partial charge in [0, 0.05) is 31.7 Å². The van der Waals surface area contributed by atoms with Gasteiger partial charge in [0.15, 0.2) is 0 Å². The molecule has 2 N–H and O–H groups in total. The summed E-state index contributed by atoms with van der Waals surface area (Å²) in [5, 5.41) is 6.58. The lowest BCUT2D eigenvalue weighted by Crippen LogP contribution is -2.53. The van der Waals surface area contributed by atoms with Crippen molar-refractivity contribution in [2.24, 2.45) is 0 Å². The molecule has 0 aromatic carbocycles. The van der Waals surface area contributed by atoms with E-state index in [1.54, 1.807) is 0 Å². The molecule has 1 aliphatic heterocycles. The average Bonchev–Trinajstić information content (AvgIpc) is 2.61. The molecule has 1 aliphatic carbocycles. The molecule has 2 aliphatic rings.